The number of sulfonamides is 1. The van der Waals surface area contributed by atoms with Gasteiger partial charge in [-0.15, -0.1) is 0 Å². The maximum Gasteiger partial charge on any atom is 0.264 e. The van der Waals surface area contributed by atoms with Crippen LogP contribution in [-0.4, -0.2) is 50.9 Å². The van der Waals surface area contributed by atoms with E-state index in [4.69, 9.17) is 16.3 Å². The molecule has 2 amide bonds. The topological polar surface area (TPSA) is 96.0 Å². The summed E-state index contributed by atoms with van der Waals surface area (Å²) in [5.74, 6) is -0.261. The summed E-state index contributed by atoms with van der Waals surface area (Å²) < 4.78 is 35.1. The molecular weight excluding hydrogens is 618 g/mol. The number of likely N-dealkylation sites (N-methyl/N-ethyl adjacent to an activating group) is 1. The lowest BCUT2D eigenvalue weighted by Crippen LogP contribution is -2.52. The summed E-state index contributed by atoms with van der Waals surface area (Å²) >= 11 is 9.38. The van der Waals surface area contributed by atoms with E-state index < -0.39 is 28.5 Å². The summed E-state index contributed by atoms with van der Waals surface area (Å²) in [5.41, 5.74) is 1.04. The van der Waals surface area contributed by atoms with E-state index in [1.165, 1.54) is 17.0 Å². The summed E-state index contributed by atoms with van der Waals surface area (Å²) in [7, 11) is -4.16. The minimum atomic E-state index is -4.16. The van der Waals surface area contributed by atoms with Crippen LogP contribution < -0.4 is 14.4 Å². The smallest absolute Gasteiger partial charge is 0.264 e. The van der Waals surface area contributed by atoms with Gasteiger partial charge in [-0.1, -0.05) is 46.6 Å². The fourth-order valence-electron chi connectivity index (χ4n) is 4.14. The fraction of sp³-hybridized carbons (Fsp3) is 0.310. The zero-order chi connectivity index (χ0) is 29.3. The van der Waals surface area contributed by atoms with E-state index >= 15 is 0 Å². The molecule has 3 rings (SSSR count). The van der Waals surface area contributed by atoms with Gasteiger partial charge < -0.3 is 15.0 Å². The number of nitrogens with one attached hydrogen (secondary N) is 1. The molecule has 0 aliphatic heterocycles. The molecule has 0 saturated heterocycles. The normalized spacial score (nSPS) is 11.9. The molecular formula is C29H33BrClN3O5S. The third-order valence-corrected chi connectivity index (χ3v) is 8.69. The van der Waals surface area contributed by atoms with Crippen molar-refractivity contribution < 1.29 is 22.7 Å². The summed E-state index contributed by atoms with van der Waals surface area (Å²) in [6.45, 7) is 5.90. The average Bonchev–Trinajstić information content (AvgIpc) is 2.93. The highest BCUT2D eigenvalue weighted by molar-refractivity contribution is 9.10. The Kier molecular flexibility index (Phi) is 11.4. The molecule has 1 atom stereocenters. The molecule has 0 unspecified atom stereocenters. The Morgan fingerprint density at radius 1 is 0.950 bits per heavy atom. The molecule has 11 heteroatoms. The Balaban J connectivity index is 2.05. The second-order valence-corrected chi connectivity index (χ2v) is 12.1. The molecule has 0 aromatic heterocycles. The number of carbonyl (C=O) groups excluding carboxylic acids is 2. The van der Waals surface area contributed by atoms with E-state index in [0.717, 1.165) is 14.3 Å². The van der Waals surface area contributed by atoms with Gasteiger partial charge in [-0.25, -0.2) is 8.42 Å². The van der Waals surface area contributed by atoms with Crippen LogP contribution >= 0.6 is 27.5 Å². The zero-order valence-electron chi connectivity index (χ0n) is 22.6. The van der Waals surface area contributed by atoms with E-state index in [0.29, 0.717) is 30.3 Å². The van der Waals surface area contributed by atoms with Crippen LogP contribution in [0.1, 0.15) is 32.8 Å². The van der Waals surface area contributed by atoms with Crippen molar-refractivity contribution in [2.75, 3.05) is 24.0 Å². The first-order chi connectivity index (χ1) is 19.1. The highest BCUT2D eigenvalue weighted by atomic mass is 79.9. The first kappa shape index (κ1) is 31.4. The summed E-state index contributed by atoms with van der Waals surface area (Å²) in [4.78, 5) is 28.4. The third-order valence-electron chi connectivity index (χ3n) is 6.12. The van der Waals surface area contributed by atoms with Gasteiger partial charge in [0.2, 0.25) is 11.8 Å². The van der Waals surface area contributed by atoms with Gasteiger partial charge in [-0.2, -0.15) is 0 Å². The summed E-state index contributed by atoms with van der Waals surface area (Å²) in [5, 5.41) is 3.33. The van der Waals surface area contributed by atoms with Gasteiger partial charge in [0.1, 0.15) is 18.3 Å². The molecule has 0 aliphatic carbocycles. The minimum Gasteiger partial charge on any atom is -0.494 e. The van der Waals surface area contributed by atoms with Crippen molar-refractivity contribution in [2.45, 2.75) is 44.7 Å². The van der Waals surface area contributed by atoms with Gasteiger partial charge in [-0.05, 0) is 86.5 Å². The Hall–Kier alpha value is -3.08. The fourth-order valence-corrected chi connectivity index (χ4v) is 5.94. The molecule has 0 aliphatic rings. The Morgan fingerprint density at radius 3 is 2.12 bits per heavy atom. The number of carbonyl (C=O) groups is 2. The number of benzene rings is 3. The second kappa shape index (κ2) is 14.5. The number of hydrogen-bond donors (Lipinski definition) is 1. The van der Waals surface area contributed by atoms with Crippen LogP contribution in [0.5, 0.6) is 5.75 Å². The van der Waals surface area contributed by atoms with E-state index in [1.807, 2.05) is 13.8 Å². The Morgan fingerprint density at radius 2 is 1.57 bits per heavy atom. The van der Waals surface area contributed by atoms with Crippen molar-refractivity contribution in [1.29, 1.82) is 0 Å². The molecule has 214 valence electrons. The van der Waals surface area contributed by atoms with Crippen LogP contribution in [0.15, 0.2) is 82.2 Å². The van der Waals surface area contributed by atoms with Crippen molar-refractivity contribution in [1.82, 2.24) is 10.2 Å². The predicted molar refractivity (Wildman–Crippen MR) is 161 cm³/mol. The van der Waals surface area contributed by atoms with Crippen LogP contribution in [0.2, 0.25) is 5.02 Å². The lowest BCUT2D eigenvalue weighted by Gasteiger charge is -2.33. The van der Waals surface area contributed by atoms with Gasteiger partial charge in [0.15, 0.2) is 0 Å². The number of nitrogens with zero attached hydrogens (tertiary/aromatic N) is 2. The van der Waals surface area contributed by atoms with Crippen LogP contribution in [0, 0.1) is 0 Å². The largest absolute Gasteiger partial charge is 0.494 e. The first-order valence-electron chi connectivity index (χ1n) is 12.9. The number of rotatable bonds is 13. The maximum absolute atomic E-state index is 14.0. The standard InChI is InChI=1S/C29H33BrClN3O5S/c1-4-27(29(36)32-5-2)33(19-21-7-11-23(31)12-8-21)28(35)20-34(24-13-15-25(16-14-24)39-6-3)40(37,38)26-17-9-22(30)10-18-26/h7-18,27H,4-6,19-20H2,1-3H3,(H,32,36)/t27-/m1/s1. The quantitative estimate of drug-likeness (QED) is 0.258. The van der Waals surface area contributed by atoms with Gasteiger partial charge in [0.25, 0.3) is 10.0 Å². The maximum atomic E-state index is 14.0. The molecule has 0 radical (unpaired) electrons. The van der Waals surface area contributed by atoms with Crippen LogP contribution in [0.4, 0.5) is 5.69 Å². The molecule has 3 aromatic carbocycles. The van der Waals surface area contributed by atoms with Gasteiger partial charge in [0.05, 0.1) is 17.2 Å². The molecule has 0 heterocycles. The average molecular weight is 651 g/mol. The molecule has 0 bridgehead atoms. The Bertz CT molecular complexity index is 1380. The summed E-state index contributed by atoms with van der Waals surface area (Å²) in [6.07, 6.45) is 0.341. The van der Waals surface area contributed by atoms with Gasteiger partial charge >= 0.3 is 0 Å². The number of halogens is 2. The van der Waals surface area contributed by atoms with Crippen molar-refractivity contribution in [2.24, 2.45) is 0 Å². The first-order valence-corrected chi connectivity index (χ1v) is 15.5. The predicted octanol–water partition coefficient (Wildman–Crippen LogP) is 5.64. The number of amides is 2. The molecule has 0 fully saturated rings. The van der Waals surface area contributed by atoms with Crippen molar-refractivity contribution in [3.63, 3.8) is 0 Å². The van der Waals surface area contributed by atoms with E-state index in [9.17, 15) is 18.0 Å². The Labute approximate surface area is 249 Å². The number of hydrogen-bond acceptors (Lipinski definition) is 5. The minimum absolute atomic E-state index is 0.0254. The molecule has 3 aromatic rings. The molecule has 0 spiro atoms. The number of anilines is 1. The molecule has 40 heavy (non-hydrogen) atoms. The molecule has 0 saturated carbocycles. The highest BCUT2D eigenvalue weighted by Crippen LogP contribution is 2.27. The molecule has 1 N–H and O–H groups in total. The van der Waals surface area contributed by atoms with E-state index in [1.54, 1.807) is 67.6 Å². The summed E-state index contributed by atoms with van der Waals surface area (Å²) in [6, 6.07) is 18.9. The third kappa shape index (κ3) is 7.99. The zero-order valence-corrected chi connectivity index (χ0v) is 25.8. The monoisotopic (exact) mass is 649 g/mol. The van der Waals surface area contributed by atoms with Crippen LogP contribution in [-0.2, 0) is 26.2 Å². The lowest BCUT2D eigenvalue weighted by molar-refractivity contribution is -0.140. The van der Waals surface area contributed by atoms with Crippen molar-refractivity contribution in [3.8, 4) is 5.75 Å². The van der Waals surface area contributed by atoms with E-state index in [-0.39, 0.29) is 23.0 Å². The van der Waals surface area contributed by atoms with E-state index in [2.05, 4.69) is 21.2 Å². The highest BCUT2D eigenvalue weighted by Gasteiger charge is 2.33. The van der Waals surface area contributed by atoms with Crippen LogP contribution in [0.25, 0.3) is 0 Å². The van der Waals surface area contributed by atoms with Crippen molar-refractivity contribution in [3.05, 3.63) is 87.9 Å². The lowest BCUT2D eigenvalue weighted by atomic mass is 10.1. The number of ether oxygens (including phenoxy) is 1. The van der Waals surface area contributed by atoms with Gasteiger partial charge in [0, 0.05) is 22.6 Å². The SMILES string of the molecule is CCNC(=O)[C@@H](CC)N(Cc1ccc(Cl)cc1)C(=O)CN(c1ccc(OCC)cc1)S(=O)(=O)c1ccc(Br)cc1. The van der Waals surface area contributed by atoms with Crippen molar-refractivity contribution >= 4 is 55.1 Å². The molecule has 8 nitrogen and oxygen atoms in total. The second-order valence-electron chi connectivity index (χ2n) is 8.86. The van der Waals surface area contributed by atoms with Crippen LogP contribution in [0.3, 0.4) is 0 Å². The van der Waals surface area contributed by atoms with Gasteiger partial charge in [-0.3, -0.25) is 13.9 Å².